The molecule has 98 valence electrons. The first kappa shape index (κ1) is 13.4. The molecular weight excluding hydrogens is 314 g/mol. The number of carbonyl (C=O) groups excluding carboxylic acids is 1. The minimum absolute atomic E-state index is 0.210. The zero-order valence-electron chi connectivity index (χ0n) is 9.75. The minimum atomic E-state index is -0.978. The van der Waals surface area contributed by atoms with E-state index in [0.717, 1.165) is 5.56 Å². The maximum atomic E-state index is 11.1. The van der Waals surface area contributed by atoms with Gasteiger partial charge in [0.05, 0.1) is 12.1 Å². The van der Waals surface area contributed by atoms with Crippen molar-refractivity contribution >= 4 is 34.2 Å². The molecule has 1 heterocycles. The lowest BCUT2D eigenvalue weighted by Gasteiger charge is -2.14. The summed E-state index contributed by atoms with van der Waals surface area (Å²) in [6, 6.07) is 9.69. The molecule has 6 heteroatoms. The Bertz CT molecular complexity index is 591. The number of carbonyl (C=O) groups is 2. The average molecular weight is 324 g/mol. The summed E-state index contributed by atoms with van der Waals surface area (Å²) in [6.45, 7) is 0.309. The number of carboxylic acids is 1. The number of halogens is 1. The molecule has 2 aromatic rings. The number of aromatic carboxylic acids is 1. The van der Waals surface area contributed by atoms with Crippen LogP contribution in [0, 0.1) is 0 Å². The molecule has 0 saturated heterocycles. The molecule has 0 saturated carbocycles. The van der Waals surface area contributed by atoms with Crippen LogP contribution in [0.25, 0.3) is 0 Å². The van der Waals surface area contributed by atoms with Crippen LogP contribution in [0.5, 0.6) is 0 Å². The van der Waals surface area contributed by atoms with Crippen molar-refractivity contribution in [3.63, 3.8) is 0 Å². The monoisotopic (exact) mass is 323 g/mol. The van der Waals surface area contributed by atoms with E-state index in [9.17, 15) is 9.59 Å². The van der Waals surface area contributed by atoms with Crippen molar-refractivity contribution in [2.24, 2.45) is 0 Å². The quantitative estimate of drug-likeness (QED) is 0.859. The topological polar surface area (TPSA) is 70.8 Å². The van der Waals surface area contributed by atoms with Gasteiger partial charge in [-0.25, -0.2) is 4.79 Å². The highest BCUT2D eigenvalue weighted by atomic mass is 79.9. The Labute approximate surface area is 117 Å². The van der Waals surface area contributed by atoms with Crippen LogP contribution in [0.4, 0.5) is 5.88 Å². The highest BCUT2D eigenvalue weighted by molar-refractivity contribution is 9.10. The van der Waals surface area contributed by atoms with E-state index in [1.807, 2.05) is 0 Å². The number of furan rings is 1. The van der Waals surface area contributed by atoms with E-state index in [1.165, 1.54) is 17.0 Å². The minimum Gasteiger partial charge on any atom is -0.478 e. The molecule has 5 nitrogen and oxygen atoms in total. The summed E-state index contributed by atoms with van der Waals surface area (Å²) < 4.78 is 5.83. The van der Waals surface area contributed by atoms with Gasteiger partial charge in [0.15, 0.2) is 4.67 Å². The van der Waals surface area contributed by atoms with Gasteiger partial charge in [0, 0.05) is 6.07 Å². The molecule has 0 bridgehead atoms. The van der Waals surface area contributed by atoms with Crippen LogP contribution in [0.1, 0.15) is 15.9 Å². The Morgan fingerprint density at radius 1 is 1.26 bits per heavy atom. The lowest BCUT2D eigenvalue weighted by atomic mass is 10.1. The third kappa shape index (κ3) is 3.23. The Balaban J connectivity index is 2.14. The first-order chi connectivity index (χ1) is 9.10. The van der Waals surface area contributed by atoms with E-state index < -0.39 is 5.97 Å². The van der Waals surface area contributed by atoms with Gasteiger partial charge in [-0.05, 0) is 39.7 Å². The van der Waals surface area contributed by atoms with Gasteiger partial charge in [0.25, 0.3) is 0 Å². The Morgan fingerprint density at radius 3 is 2.42 bits per heavy atom. The summed E-state index contributed by atoms with van der Waals surface area (Å²) in [6.07, 6.45) is 0.663. The number of anilines is 1. The zero-order valence-corrected chi connectivity index (χ0v) is 11.3. The first-order valence-electron chi connectivity index (χ1n) is 5.39. The Morgan fingerprint density at radius 2 is 1.95 bits per heavy atom. The molecule has 1 N–H and O–H groups in total. The van der Waals surface area contributed by atoms with Gasteiger partial charge >= 0.3 is 5.97 Å². The van der Waals surface area contributed by atoms with Crippen LogP contribution >= 0.6 is 15.9 Å². The first-order valence-corrected chi connectivity index (χ1v) is 6.19. The summed E-state index contributed by atoms with van der Waals surface area (Å²) in [5.41, 5.74) is 1.02. The predicted octanol–water partition coefficient (Wildman–Crippen LogP) is 2.90. The number of hydrogen-bond donors (Lipinski definition) is 1. The largest absolute Gasteiger partial charge is 0.478 e. The smallest absolute Gasteiger partial charge is 0.335 e. The van der Waals surface area contributed by atoms with Crippen molar-refractivity contribution in [2.45, 2.75) is 6.54 Å². The fraction of sp³-hybridized carbons (Fsp3) is 0.0769. The number of nitrogens with zero attached hydrogens (tertiary/aromatic N) is 1. The lowest BCUT2D eigenvalue weighted by molar-refractivity contribution is -0.107. The van der Waals surface area contributed by atoms with E-state index in [0.29, 0.717) is 23.5 Å². The average Bonchev–Trinajstić information content (AvgIpc) is 2.83. The van der Waals surface area contributed by atoms with E-state index in [4.69, 9.17) is 9.52 Å². The van der Waals surface area contributed by atoms with Crippen molar-refractivity contribution < 1.29 is 19.1 Å². The molecule has 1 amide bonds. The molecule has 0 radical (unpaired) electrons. The Kier molecular flexibility index (Phi) is 4.01. The zero-order chi connectivity index (χ0) is 13.8. The normalized spacial score (nSPS) is 10.2. The number of carboxylic acid groups (broad SMARTS) is 1. The predicted molar refractivity (Wildman–Crippen MR) is 72.1 cm³/mol. The van der Waals surface area contributed by atoms with Gasteiger partial charge in [0.1, 0.15) is 0 Å². The van der Waals surface area contributed by atoms with Crippen molar-refractivity contribution in [1.29, 1.82) is 0 Å². The van der Waals surface area contributed by atoms with Gasteiger partial charge < -0.3 is 9.52 Å². The van der Waals surface area contributed by atoms with E-state index in [2.05, 4.69) is 15.9 Å². The SMILES string of the molecule is O=CN(Cc1ccc(C(=O)O)cc1)c1ccc(Br)o1. The fourth-order valence-corrected chi connectivity index (χ4v) is 1.87. The van der Waals surface area contributed by atoms with Crippen LogP contribution in [0.3, 0.4) is 0 Å². The summed E-state index contributed by atoms with van der Waals surface area (Å²) in [4.78, 5) is 23.2. The van der Waals surface area contributed by atoms with Crippen LogP contribution in [-0.4, -0.2) is 17.5 Å². The van der Waals surface area contributed by atoms with E-state index in [1.54, 1.807) is 24.3 Å². The number of hydrogen-bond acceptors (Lipinski definition) is 3. The lowest BCUT2D eigenvalue weighted by Crippen LogP contribution is -2.19. The molecule has 2 rings (SSSR count). The summed E-state index contributed by atoms with van der Waals surface area (Å²) in [5, 5.41) is 8.80. The van der Waals surface area contributed by atoms with Crippen molar-refractivity contribution in [2.75, 3.05) is 4.90 Å². The molecule has 19 heavy (non-hydrogen) atoms. The third-order valence-corrected chi connectivity index (χ3v) is 2.95. The second kappa shape index (κ2) is 5.71. The molecule has 0 fully saturated rings. The fourth-order valence-electron chi connectivity index (χ4n) is 1.58. The number of benzene rings is 1. The second-order valence-corrected chi connectivity index (χ2v) is 4.59. The second-order valence-electron chi connectivity index (χ2n) is 3.81. The van der Waals surface area contributed by atoms with Gasteiger partial charge in [0.2, 0.25) is 12.3 Å². The molecule has 0 aliphatic carbocycles. The highest BCUT2D eigenvalue weighted by Gasteiger charge is 2.11. The van der Waals surface area contributed by atoms with Gasteiger partial charge in [-0.15, -0.1) is 0 Å². The van der Waals surface area contributed by atoms with Crippen LogP contribution in [0.15, 0.2) is 45.5 Å². The van der Waals surface area contributed by atoms with Crippen LogP contribution in [-0.2, 0) is 11.3 Å². The molecule has 0 spiro atoms. The maximum absolute atomic E-state index is 11.1. The highest BCUT2D eigenvalue weighted by Crippen LogP contribution is 2.23. The molecule has 1 aromatic heterocycles. The van der Waals surface area contributed by atoms with Crippen molar-refractivity contribution in [3.8, 4) is 0 Å². The molecule has 0 atom stereocenters. The summed E-state index contributed by atoms with van der Waals surface area (Å²) in [7, 11) is 0. The number of amides is 1. The van der Waals surface area contributed by atoms with E-state index in [-0.39, 0.29) is 5.56 Å². The van der Waals surface area contributed by atoms with Crippen LogP contribution < -0.4 is 4.90 Å². The molecular formula is C13H10BrNO4. The van der Waals surface area contributed by atoms with Crippen LogP contribution in [0.2, 0.25) is 0 Å². The molecule has 0 unspecified atom stereocenters. The maximum Gasteiger partial charge on any atom is 0.335 e. The van der Waals surface area contributed by atoms with Gasteiger partial charge in [-0.3, -0.25) is 9.69 Å². The van der Waals surface area contributed by atoms with Crippen molar-refractivity contribution in [3.05, 3.63) is 52.2 Å². The number of rotatable bonds is 5. The van der Waals surface area contributed by atoms with Crippen molar-refractivity contribution in [1.82, 2.24) is 0 Å². The molecule has 1 aromatic carbocycles. The van der Waals surface area contributed by atoms with E-state index >= 15 is 0 Å². The Hall–Kier alpha value is -2.08. The third-order valence-electron chi connectivity index (χ3n) is 2.52. The summed E-state index contributed by atoms with van der Waals surface area (Å²) >= 11 is 3.17. The standard InChI is InChI=1S/C13H10BrNO4/c14-11-5-6-12(19-11)15(8-16)7-9-1-3-10(4-2-9)13(17)18/h1-6,8H,7H2,(H,17,18). The molecule has 0 aliphatic heterocycles. The molecule has 0 aliphatic rings. The van der Waals surface area contributed by atoms with Gasteiger partial charge in [-0.2, -0.15) is 0 Å². The van der Waals surface area contributed by atoms with Gasteiger partial charge in [-0.1, -0.05) is 12.1 Å². The summed E-state index contributed by atoms with van der Waals surface area (Å²) in [5.74, 6) is -0.557.